The fourth-order valence-electron chi connectivity index (χ4n) is 2.00. The van der Waals surface area contributed by atoms with E-state index in [1.807, 2.05) is 0 Å². The van der Waals surface area contributed by atoms with Gasteiger partial charge in [0.15, 0.2) is 0 Å². The maximum absolute atomic E-state index is 13.5. The lowest BCUT2D eigenvalue weighted by Gasteiger charge is -2.17. The van der Waals surface area contributed by atoms with Gasteiger partial charge in [-0.1, -0.05) is 29.8 Å². The summed E-state index contributed by atoms with van der Waals surface area (Å²) in [5.41, 5.74) is 0.852. The Kier molecular flexibility index (Phi) is 5.46. The third-order valence-electron chi connectivity index (χ3n) is 3.02. The number of halogens is 3. The Labute approximate surface area is 132 Å². The highest BCUT2D eigenvalue weighted by atomic mass is 35.5. The SMILES string of the molecule is CN(CC(=O)Nc1ccc(F)cc1Cl)Cc1ccccc1F. The summed E-state index contributed by atoms with van der Waals surface area (Å²) in [6, 6.07) is 10.1. The minimum absolute atomic E-state index is 0.0576. The minimum atomic E-state index is -0.473. The Morgan fingerprint density at radius 3 is 2.64 bits per heavy atom. The Morgan fingerprint density at radius 1 is 1.23 bits per heavy atom. The third kappa shape index (κ3) is 4.51. The Morgan fingerprint density at radius 2 is 1.95 bits per heavy atom. The van der Waals surface area contributed by atoms with Gasteiger partial charge in [0, 0.05) is 12.1 Å². The molecule has 0 aliphatic rings. The van der Waals surface area contributed by atoms with Crippen LogP contribution in [0.15, 0.2) is 42.5 Å². The number of carbonyl (C=O) groups excluding carboxylic acids is 1. The van der Waals surface area contributed by atoms with E-state index in [1.165, 1.54) is 18.2 Å². The molecule has 0 fully saturated rings. The van der Waals surface area contributed by atoms with Gasteiger partial charge in [0.1, 0.15) is 11.6 Å². The highest BCUT2D eigenvalue weighted by Gasteiger charge is 2.11. The van der Waals surface area contributed by atoms with E-state index >= 15 is 0 Å². The van der Waals surface area contributed by atoms with Crippen molar-refractivity contribution in [3.63, 3.8) is 0 Å². The number of nitrogens with one attached hydrogen (secondary N) is 1. The smallest absolute Gasteiger partial charge is 0.238 e. The molecule has 0 heterocycles. The first-order chi connectivity index (χ1) is 10.5. The van der Waals surface area contributed by atoms with Crippen molar-refractivity contribution in [3.05, 3.63) is 64.7 Å². The van der Waals surface area contributed by atoms with Crippen LogP contribution in [-0.4, -0.2) is 24.4 Å². The molecule has 2 aromatic carbocycles. The van der Waals surface area contributed by atoms with Crippen LogP contribution in [0.5, 0.6) is 0 Å². The highest BCUT2D eigenvalue weighted by Crippen LogP contribution is 2.22. The molecule has 0 radical (unpaired) electrons. The quantitative estimate of drug-likeness (QED) is 0.909. The second-order valence-electron chi connectivity index (χ2n) is 4.94. The molecule has 116 valence electrons. The normalized spacial score (nSPS) is 10.8. The van der Waals surface area contributed by atoms with Crippen LogP contribution in [0.4, 0.5) is 14.5 Å². The molecule has 1 N–H and O–H groups in total. The summed E-state index contributed by atoms with van der Waals surface area (Å²) in [5.74, 6) is -1.09. The zero-order valence-electron chi connectivity index (χ0n) is 11.9. The molecule has 0 aromatic heterocycles. The van der Waals surface area contributed by atoms with E-state index in [0.717, 1.165) is 6.07 Å². The van der Waals surface area contributed by atoms with Crippen molar-refractivity contribution in [3.8, 4) is 0 Å². The van der Waals surface area contributed by atoms with Crippen LogP contribution in [0.1, 0.15) is 5.56 Å². The molecule has 1 amide bonds. The summed E-state index contributed by atoms with van der Waals surface area (Å²) < 4.78 is 26.5. The van der Waals surface area contributed by atoms with E-state index in [2.05, 4.69) is 5.32 Å². The summed E-state index contributed by atoms with van der Waals surface area (Å²) in [4.78, 5) is 13.6. The minimum Gasteiger partial charge on any atom is -0.324 e. The first kappa shape index (κ1) is 16.4. The van der Waals surface area contributed by atoms with Crippen molar-refractivity contribution in [2.75, 3.05) is 18.9 Å². The average molecular weight is 325 g/mol. The maximum Gasteiger partial charge on any atom is 0.238 e. The first-order valence-corrected chi connectivity index (χ1v) is 7.00. The molecule has 0 atom stereocenters. The molecule has 0 unspecified atom stereocenters. The predicted octanol–water partition coefficient (Wildman–Crippen LogP) is 3.69. The fourth-order valence-corrected chi connectivity index (χ4v) is 2.21. The van der Waals surface area contributed by atoms with Crippen molar-refractivity contribution in [1.82, 2.24) is 4.90 Å². The molecule has 0 aliphatic heterocycles. The number of anilines is 1. The number of hydrogen-bond donors (Lipinski definition) is 1. The van der Waals surface area contributed by atoms with Crippen molar-refractivity contribution < 1.29 is 13.6 Å². The van der Waals surface area contributed by atoms with Crippen LogP contribution in [-0.2, 0) is 11.3 Å². The largest absolute Gasteiger partial charge is 0.324 e. The van der Waals surface area contributed by atoms with Crippen LogP contribution in [0, 0.1) is 11.6 Å². The van der Waals surface area contributed by atoms with Crippen LogP contribution in [0.3, 0.4) is 0 Å². The molecule has 0 saturated heterocycles. The molecule has 2 rings (SSSR count). The standard InChI is InChI=1S/C16H15ClF2N2O/c1-21(9-11-4-2-3-5-14(11)19)10-16(22)20-15-7-6-12(18)8-13(15)17/h2-8H,9-10H2,1H3,(H,20,22). The molecule has 0 bridgehead atoms. The number of nitrogens with zero attached hydrogens (tertiary/aromatic N) is 1. The fraction of sp³-hybridized carbons (Fsp3) is 0.188. The topological polar surface area (TPSA) is 32.3 Å². The number of amides is 1. The molecule has 22 heavy (non-hydrogen) atoms. The van der Waals surface area contributed by atoms with Gasteiger partial charge < -0.3 is 5.32 Å². The first-order valence-electron chi connectivity index (χ1n) is 6.62. The monoisotopic (exact) mass is 324 g/mol. The molecule has 0 saturated carbocycles. The summed E-state index contributed by atoms with van der Waals surface area (Å²) in [6.07, 6.45) is 0. The number of rotatable bonds is 5. The Bertz CT molecular complexity index is 679. The van der Waals surface area contributed by atoms with E-state index in [-0.39, 0.29) is 23.3 Å². The van der Waals surface area contributed by atoms with Gasteiger partial charge in [-0.2, -0.15) is 0 Å². The van der Waals surface area contributed by atoms with Crippen molar-refractivity contribution in [2.45, 2.75) is 6.54 Å². The molecule has 3 nitrogen and oxygen atoms in total. The lowest BCUT2D eigenvalue weighted by molar-refractivity contribution is -0.117. The van der Waals surface area contributed by atoms with E-state index in [1.54, 1.807) is 30.1 Å². The van der Waals surface area contributed by atoms with E-state index in [4.69, 9.17) is 11.6 Å². The molecule has 6 heteroatoms. The molecule has 0 aliphatic carbocycles. The van der Waals surface area contributed by atoms with Gasteiger partial charge in [0.2, 0.25) is 5.91 Å². The van der Waals surface area contributed by atoms with Gasteiger partial charge in [-0.25, -0.2) is 8.78 Å². The molecule has 2 aromatic rings. The second-order valence-corrected chi connectivity index (χ2v) is 5.34. The predicted molar refractivity (Wildman–Crippen MR) is 82.8 cm³/mol. The van der Waals surface area contributed by atoms with Crippen molar-refractivity contribution >= 4 is 23.2 Å². The number of carbonyl (C=O) groups is 1. The number of hydrogen-bond acceptors (Lipinski definition) is 2. The third-order valence-corrected chi connectivity index (χ3v) is 3.33. The zero-order chi connectivity index (χ0) is 16.1. The summed E-state index contributed by atoms with van der Waals surface area (Å²) in [5, 5.41) is 2.73. The van der Waals surface area contributed by atoms with Crippen molar-refractivity contribution in [1.29, 1.82) is 0 Å². The van der Waals surface area contributed by atoms with Gasteiger partial charge in [0.05, 0.1) is 17.3 Å². The average Bonchev–Trinajstić information content (AvgIpc) is 2.44. The molecular formula is C16H15ClF2N2O. The highest BCUT2D eigenvalue weighted by molar-refractivity contribution is 6.33. The lowest BCUT2D eigenvalue weighted by atomic mass is 10.2. The van der Waals surface area contributed by atoms with Gasteiger partial charge in [-0.15, -0.1) is 0 Å². The Hall–Kier alpha value is -1.98. The van der Waals surface area contributed by atoms with E-state index in [9.17, 15) is 13.6 Å². The van der Waals surface area contributed by atoms with Crippen LogP contribution < -0.4 is 5.32 Å². The van der Waals surface area contributed by atoms with Gasteiger partial charge >= 0.3 is 0 Å². The number of benzene rings is 2. The second kappa shape index (κ2) is 7.33. The van der Waals surface area contributed by atoms with Gasteiger partial charge in [-0.3, -0.25) is 9.69 Å². The summed E-state index contributed by atoms with van der Waals surface area (Å²) in [7, 11) is 1.71. The number of likely N-dealkylation sites (N-methyl/N-ethyl adjacent to an activating group) is 1. The Balaban J connectivity index is 1.93. The van der Waals surface area contributed by atoms with Crippen molar-refractivity contribution in [2.24, 2.45) is 0 Å². The van der Waals surface area contributed by atoms with E-state index < -0.39 is 5.82 Å². The van der Waals surface area contributed by atoms with Crippen LogP contribution in [0.2, 0.25) is 5.02 Å². The van der Waals surface area contributed by atoms with Gasteiger partial charge in [-0.05, 0) is 31.3 Å². The molecule has 0 spiro atoms. The van der Waals surface area contributed by atoms with Gasteiger partial charge in [0.25, 0.3) is 0 Å². The molecular weight excluding hydrogens is 310 g/mol. The lowest BCUT2D eigenvalue weighted by Crippen LogP contribution is -2.30. The summed E-state index contributed by atoms with van der Waals surface area (Å²) >= 11 is 5.84. The maximum atomic E-state index is 13.5. The van der Waals surface area contributed by atoms with Crippen LogP contribution >= 0.6 is 11.6 Å². The van der Waals surface area contributed by atoms with Crippen LogP contribution in [0.25, 0.3) is 0 Å². The zero-order valence-corrected chi connectivity index (χ0v) is 12.7. The summed E-state index contributed by atoms with van der Waals surface area (Å²) in [6.45, 7) is 0.360. The van der Waals surface area contributed by atoms with E-state index in [0.29, 0.717) is 17.8 Å².